The summed E-state index contributed by atoms with van der Waals surface area (Å²) in [6.07, 6.45) is 11.3. The first kappa shape index (κ1) is 24.9. The molecule has 0 aromatic carbocycles. The summed E-state index contributed by atoms with van der Waals surface area (Å²) in [7, 11) is 0. The molecular formula is C26H35ClN4O3. The number of rotatable bonds is 12. The number of anilines is 1. The minimum atomic E-state index is -0.870. The van der Waals surface area contributed by atoms with Gasteiger partial charge in [0.25, 0.3) is 0 Å². The molecule has 8 heteroatoms. The molecule has 2 aliphatic rings. The lowest BCUT2D eigenvalue weighted by molar-refractivity contribution is -0.140. The molecular weight excluding hydrogens is 452 g/mol. The van der Waals surface area contributed by atoms with Crippen molar-refractivity contribution in [2.24, 2.45) is 5.92 Å². The van der Waals surface area contributed by atoms with Crippen molar-refractivity contribution in [3.8, 4) is 0 Å². The highest BCUT2D eigenvalue weighted by molar-refractivity contribution is 6.31. The Labute approximate surface area is 206 Å². The van der Waals surface area contributed by atoms with E-state index in [1.807, 2.05) is 6.92 Å². The van der Waals surface area contributed by atoms with Crippen LogP contribution in [-0.2, 0) is 35.3 Å². The van der Waals surface area contributed by atoms with E-state index >= 15 is 0 Å². The standard InChI is InChI=1S/C26H35ClN4O3/c1-2-18-14-28-16-23(27)22(18)15-30-24(26(32)33)9-11-34-21-12-17(13-21)5-7-20-8-6-19-4-3-10-29-25(19)31-20/h6,8,14,16-17,21,24,30H,2-5,7,9-13,15H2,1H3,(H,29,31)(H,32,33)/t17?,21?,24-/m1/s1. The van der Waals surface area contributed by atoms with Crippen LogP contribution in [0.15, 0.2) is 24.5 Å². The van der Waals surface area contributed by atoms with Crippen LogP contribution >= 0.6 is 11.6 Å². The van der Waals surface area contributed by atoms with Crippen molar-refractivity contribution >= 4 is 23.4 Å². The third kappa shape index (κ3) is 6.46. The maximum atomic E-state index is 11.7. The summed E-state index contributed by atoms with van der Waals surface area (Å²) in [6, 6.07) is 3.71. The number of halogens is 1. The van der Waals surface area contributed by atoms with Gasteiger partial charge in [-0.15, -0.1) is 0 Å². The molecule has 0 amide bonds. The molecule has 3 N–H and O–H groups in total. The van der Waals surface area contributed by atoms with Gasteiger partial charge in [-0.2, -0.15) is 0 Å². The Bertz CT molecular complexity index is 981. The number of nitrogens with zero attached hydrogens (tertiary/aromatic N) is 2. The van der Waals surface area contributed by atoms with Crippen LogP contribution in [-0.4, -0.2) is 46.3 Å². The van der Waals surface area contributed by atoms with E-state index in [4.69, 9.17) is 21.3 Å². The second-order valence-electron chi connectivity index (χ2n) is 9.38. The number of fused-ring (bicyclic) bond motifs is 1. The summed E-state index contributed by atoms with van der Waals surface area (Å²) in [4.78, 5) is 20.6. The topological polar surface area (TPSA) is 96.4 Å². The predicted molar refractivity (Wildman–Crippen MR) is 133 cm³/mol. The molecule has 0 unspecified atom stereocenters. The summed E-state index contributed by atoms with van der Waals surface area (Å²) in [6.45, 7) is 3.88. The van der Waals surface area contributed by atoms with Crippen molar-refractivity contribution in [2.45, 2.75) is 77.0 Å². The van der Waals surface area contributed by atoms with Crippen molar-refractivity contribution in [2.75, 3.05) is 18.5 Å². The van der Waals surface area contributed by atoms with E-state index in [1.165, 1.54) is 12.0 Å². The van der Waals surface area contributed by atoms with Crippen molar-refractivity contribution in [1.82, 2.24) is 15.3 Å². The summed E-state index contributed by atoms with van der Waals surface area (Å²) >= 11 is 6.27. The average Bonchev–Trinajstić information content (AvgIpc) is 2.82. The minimum absolute atomic E-state index is 0.235. The molecule has 3 heterocycles. The van der Waals surface area contributed by atoms with Crippen molar-refractivity contribution < 1.29 is 14.6 Å². The Morgan fingerprint density at radius 2 is 2.21 bits per heavy atom. The number of carboxylic acids is 1. The molecule has 1 atom stereocenters. The Morgan fingerprint density at radius 1 is 1.35 bits per heavy atom. The van der Waals surface area contributed by atoms with Gasteiger partial charge in [-0.1, -0.05) is 24.6 Å². The number of hydrogen-bond acceptors (Lipinski definition) is 6. The summed E-state index contributed by atoms with van der Waals surface area (Å²) in [5.41, 5.74) is 4.43. The molecule has 2 aromatic rings. The van der Waals surface area contributed by atoms with Crippen molar-refractivity contribution in [3.05, 3.63) is 51.9 Å². The van der Waals surface area contributed by atoms with E-state index in [9.17, 15) is 9.90 Å². The molecule has 0 radical (unpaired) electrons. The van der Waals surface area contributed by atoms with E-state index in [1.54, 1.807) is 12.4 Å². The number of carbonyl (C=O) groups is 1. The SMILES string of the molecule is CCc1cncc(Cl)c1CN[C@H](CCOC1CC(CCc2ccc3c(n2)NCCC3)C1)C(=O)O. The van der Waals surface area contributed by atoms with E-state index in [2.05, 4.69) is 27.8 Å². The van der Waals surface area contributed by atoms with Crippen LogP contribution in [0, 0.1) is 5.92 Å². The highest BCUT2D eigenvalue weighted by Gasteiger charge is 2.30. The Kier molecular flexibility index (Phi) is 8.75. The van der Waals surface area contributed by atoms with Gasteiger partial charge in [0.2, 0.25) is 0 Å². The Balaban J connectivity index is 1.14. The van der Waals surface area contributed by atoms with Gasteiger partial charge in [0, 0.05) is 37.8 Å². The normalized spacial score (nSPS) is 20.2. The zero-order valence-corrected chi connectivity index (χ0v) is 20.6. The first-order valence-electron chi connectivity index (χ1n) is 12.4. The minimum Gasteiger partial charge on any atom is -0.480 e. The number of nitrogens with one attached hydrogen (secondary N) is 2. The van der Waals surface area contributed by atoms with Crippen LogP contribution in [0.25, 0.3) is 0 Å². The van der Waals surface area contributed by atoms with Gasteiger partial charge in [0.1, 0.15) is 11.9 Å². The second kappa shape index (κ2) is 12.0. The molecule has 0 spiro atoms. The molecule has 0 bridgehead atoms. The monoisotopic (exact) mass is 486 g/mol. The van der Waals surface area contributed by atoms with Crippen LogP contribution in [0.5, 0.6) is 0 Å². The quantitative estimate of drug-likeness (QED) is 0.409. The highest BCUT2D eigenvalue weighted by atomic mass is 35.5. The van der Waals surface area contributed by atoms with Gasteiger partial charge >= 0.3 is 5.97 Å². The van der Waals surface area contributed by atoms with E-state index in [-0.39, 0.29) is 6.10 Å². The van der Waals surface area contributed by atoms with Crippen LogP contribution in [0.3, 0.4) is 0 Å². The molecule has 1 saturated carbocycles. The van der Waals surface area contributed by atoms with E-state index in [0.29, 0.717) is 30.5 Å². The number of aliphatic carboxylic acids is 1. The highest BCUT2D eigenvalue weighted by Crippen LogP contribution is 2.34. The smallest absolute Gasteiger partial charge is 0.320 e. The first-order chi connectivity index (χ1) is 16.5. The molecule has 4 rings (SSSR count). The van der Waals surface area contributed by atoms with Crippen molar-refractivity contribution in [3.63, 3.8) is 0 Å². The molecule has 2 aromatic heterocycles. The molecule has 184 valence electrons. The van der Waals surface area contributed by atoms with Gasteiger partial charge in [-0.05, 0) is 80.0 Å². The van der Waals surface area contributed by atoms with Gasteiger partial charge in [0.15, 0.2) is 0 Å². The van der Waals surface area contributed by atoms with E-state index in [0.717, 1.165) is 67.7 Å². The first-order valence-corrected chi connectivity index (χ1v) is 12.8. The number of pyridine rings is 2. The summed E-state index contributed by atoms with van der Waals surface area (Å²) < 4.78 is 5.97. The molecule has 1 aliphatic heterocycles. The third-order valence-corrected chi connectivity index (χ3v) is 7.34. The molecule has 34 heavy (non-hydrogen) atoms. The molecule has 0 saturated heterocycles. The lowest BCUT2D eigenvalue weighted by Gasteiger charge is -2.35. The number of hydrogen-bond donors (Lipinski definition) is 3. The maximum Gasteiger partial charge on any atom is 0.320 e. The zero-order valence-electron chi connectivity index (χ0n) is 19.9. The van der Waals surface area contributed by atoms with Crippen LogP contribution in [0.4, 0.5) is 5.82 Å². The Morgan fingerprint density at radius 3 is 3.00 bits per heavy atom. The maximum absolute atomic E-state index is 11.7. The van der Waals surface area contributed by atoms with Gasteiger partial charge in [-0.25, -0.2) is 4.98 Å². The van der Waals surface area contributed by atoms with Crippen LogP contribution < -0.4 is 10.6 Å². The number of aryl methyl sites for hydroxylation is 3. The average molecular weight is 487 g/mol. The lowest BCUT2D eigenvalue weighted by Crippen LogP contribution is -2.39. The van der Waals surface area contributed by atoms with Crippen LogP contribution in [0.2, 0.25) is 5.02 Å². The number of aromatic nitrogens is 2. The molecule has 1 fully saturated rings. The van der Waals surface area contributed by atoms with Crippen LogP contribution in [0.1, 0.15) is 61.4 Å². The largest absolute Gasteiger partial charge is 0.480 e. The summed E-state index contributed by atoms with van der Waals surface area (Å²) in [5.74, 6) is 0.855. The third-order valence-electron chi connectivity index (χ3n) is 7.01. The predicted octanol–water partition coefficient (Wildman–Crippen LogP) is 4.41. The van der Waals surface area contributed by atoms with Crippen molar-refractivity contribution in [1.29, 1.82) is 0 Å². The Hall–Kier alpha value is -2.22. The van der Waals surface area contributed by atoms with Gasteiger partial charge in [0.05, 0.1) is 11.1 Å². The fourth-order valence-corrected chi connectivity index (χ4v) is 5.05. The van der Waals surface area contributed by atoms with E-state index < -0.39 is 12.0 Å². The van der Waals surface area contributed by atoms with Gasteiger partial charge in [-0.3, -0.25) is 9.78 Å². The second-order valence-corrected chi connectivity index (χ2v) is 9.79. The fraction of sp³-hybridized carbons (Fsp3) is 0.577. The molecule has 1 aliphatic carbocycles. The zero-order chi connectivity index (χ0) is 23.9. The van der Waals surface area contributed by atoms with Gasteiger partial charge < -0.3 is 20.5 Å². The number of ether oxygens (including phenoxy) is 1. The fourth-order valence-electron chi connectivity index (χ4n) is 4.80. The summed E-state index contributed by atoms with van der Waals surface area (Å²) in [5, 5.41) is 16.7. The number of carboxylic acid groups (broad SMARTS) is 1. The lowest BCUT2D eigenvalue weighted by atomic mass is 9.79. The molecule has 7 nitrogen and oxygen atoms in total.